The lowest BCUT2D eigenvalue weighted by Gasteiger charge is -2.14. The summed E-state index contributed by atoms with van der Waals surface area (Å²) in [7, 11) is -5.81. The Morgan fingerprint density at radius 3 is 2.19 bits per heavy atom. The van der Waals surface area contributed by atoms with E-state index >= 15 is 0 Å². The van der Waals surface area contributed by atoms with Gasteiger partial charge in [-0.1, -0.05) is 36.4 Å². The van der Waals surface area contributed by atoms with Gasteiger partial charge in [0.25, 0.3) is 0 Å². The molecule has 0 aliphatic heterocycles. The molecule has 0 saturated carbocycles. The summed E-state index contributed by atoms with van der Waals surface area (Å²) in [5.41, 5.74) is -5.52. The van der Waals surface area contributed by atoms with Crippen LogP contribution in [0, 0.1) is 0 Å². The molecule has 3 aromatic carbocycles. The number of thiophene rings is 1. The van der Waals surface area contributed by atoms with Crippen LogP contribution in [0.5, 0.6) is 5.75 Å². The average molecular weight is 540 g/mol. The lowest BCUT2D eigenvalue weighted by molar-refractivity contribution is -0.0499. The van der Waals surface area contributed by atoms with Crippen molar-refractivity contribution in [2.24, 2.45) is 0 Å². The first kappa shape index (κ1) is 19.0. The zero-order valence-corrected chi connectivity index (χ0v) is 17.8. The molecule has 10 heteroatoms. The largest absolute Gasteiger partial charge is 0.534 e. The molecule has 0 N–H and O–H groups in total. The highest BCUT2D eigenvalue weighted by atomic mass is 79.9. The normalized spacial score (nSPS) is 12.9. The first-order valence-corrected chi connectivity index (χ1v) is 11.1. The van der Waals surface area contributed by atoms with Crippen LogP contribution >= 0.6 is 43.2 Å². The Balaban J connectivity index is 2.20. The molecule has 27 heavy (non-hydrogen) atoms. The second kappa shape index (κ2) is 6.33. The van der Waals surface area contributed by atoms with Crippen LogP contribution in [-0.4, -0.2) is 13.9 Å². The Hall–Kier alpha value is -1.36. The van der Waals surface area contributed by atoms with Gasteiger partial charge in [-0.05, 0) is 37.9 Å². The van der Waals surface area contributed by atoms with Gasteiger partial charge in [-0.25, -0.2) is 0 Å². The summed E-state index contributed by atoms with van der Waals surface area (Å²) >= 11 is 8.12. The number of benzene rings is 3. The minimum Gasteiger partial charge on any atom is -0.374 e. The van der Waals surface area contributed by atoms with E-state index in [1.54, 1.807) is 30.3 Å². The summed E-state index contributed by atoms with van der Waals surface area (Å²) in [6, 6.07) is 12.0. The maximum absolute atomic E-state index is 12.9. The Labute approximate surface area is 172 Å². The standard InChI is InChI=1S/C17H7Br2F3O3S2/c18-11-7-3-6-10-12-13(19)8-4-1-2-5-9(8)14(16(12)26-15(10)11)25-27(23,24)17(20,21)22/h1-7H. The maximum Gasteiger partial charge on any atom is 0.534 e. The van der Waals surface area contributed by atoms with Crippen molar-refractivity contribution in [2.75, 3.05) is 0 Å². The van der Waals surface area contributed by atoms with Gasteiger partial charge in [-0.3, -0.25) is 0 Å². The van der Waals surface area contributed by atoms with E-state index < -0.39 is 15.6 Å². The zero-order valence-electron chi connectivity index (χ0n) is 13.0. The van der Waals surface area contributed by atoms with E-state index in [2.05, 4.69) is 36.0 Å². The van der Waals surface area contributed by atoms with Crippen LogP contribution in [0.15, 0.2) is 51.4 Å². The van der Waals surface area contributed by atoms with Gasteiger partial charge >= 0.3 is 15.6 Å². The summed E-state index contributed by atoms with van der Waals surface area (Å²) < 4.78 is 69.4. The van der Waals surface area contributed by atoms with E-state index in [4.69, 9.17) is 0 Å². The lowest BCUT2D eigenvalue weighted by Crippen LogP contribution is -2.28. The highest BCUT2D eigenvalue weighted by molar-refractivity contribution is 9.11. The fraction of sp³-hybridized carbons (Fsp3) is 0.0588. The molecule has 0 saturated heterocycles. The van der Waals surface area contributed by atoms with Gasteiger partial charge in [-0.15, -0.1) is 11.3 Å². The summed E-state index contributed by atoms with van der Waals surface area (Å²) in [5.74, 6) is -0.325. The molecule has 0 amide bonds. The van der Waals surface area contributed by atoms with Crippen molar-refractivity contribution >= 4 is 84.3 Å². The van der Waals surface area contributed by atoms with Gasteiger partial charge in [0.15, 0.2) is 5.75 Å². The third-order valence-electron chi connectivity index (χ3n) is 3.98. The van der Waals surface area contributed by atoms with Crippen molar-refractivity contribution in [1.29, 1.82) is 0 Å². The minimum atomic E-state index is -5.81. The van der Waals surface area contributed by atoms with Gasteiger partial charge in [-0.2, -0.15) is 21.6 Å². The van der Waals surface area contributed by atoms with Crippen molar-refractivity contribution in [3.63, 3.8) is 0 Å². The molecule has 0 unspecified atom stereocenters. The molecule has 0 bridgehead atoms. The van der Waals surface area contributed by atoms with Crippen LogP contribution in [0.1, 0.15) is 0 Å². The Kier molecular flexibility index (Phi) is 4.45. The molecule has 3 nitrogen and oxygen atoms in total. The molecule has 0 radical (unpaired) electrons. The van der Waals surface area contributed by atoms with Gasteiger partial charge in [0.05, 0.1) is 4.70 Å². The second-order valence-electron chi connectivity index (χ2n) is 5.59. The van der Waals surface area contributed by atoms with Crippen molar-refractivity contribution in [3.8, 4) is 5.75 Å². The van der Waals surface area contributed by atoms with Gasteiger partial charge in [0.1, 0.15) is 0 Å². The zero-order chi connectivity index (χ0) is 19.6. The van der Waals surface area contributed by atoms with E-state index in [1.165, 1.54) is 6.07 Å². The Morgan fingerprint density at radius 2 is 1.52 bits per heavy atom. The Bertz CT molecular complexity index is 1330. The second-order valence-corrected chi connectivity index (χ2v) is 9.80. The molecule has 4 rings (SSSR count). The fourth-order valence-electron chi connectivity index (χ4n) is 2.83. The van der Waals surface area contributed by atoms with Crippen LogP contribution in [0.4, 0.5) is 13.2 Å². The van der Waals surface area contributed by atoms with E-state index in [1.807, 2.05) is 6.07 Å². The van der Waals surface area contributed by atoms with Crippen LogP contribution in [0.3, 0.4) is 0 Å². The number of rotatable bonds is 2. The van der Waals surface area contributed by atoms with E-state index in [-0.39, 0.29) is 11.1 Å². The van der Waals surface area contributed by atoms with E-state index in [9.17, 15) is 21.6 Å². The molecule has 1 aromatic heterocycles. The molecule has 0 aliphatic carbocycles. The van der Waals surface area contributed by atoms with E-state index in [0.717, 1.165) is 25.9 Å². The Morgan fingerprint density at radius 1 is 0.889 bits per heavy atom. The minimum absolute atomic E-state index is 0.271. The fourth-order valence-corrected chi connectivity index (χ4v) is 6.08. The van der Waals surface area contributed by atoms with Crippen LogP contribution < -0.4 is 4.18 Å². The number of hydrogen-bond acceptors (Lipinski definition) is 4. The highest BCUT2D eigenvalue weighted by Gasteiger charge is 2.49. The summed E-state index contributed by atoms with van der Waals surface area (Å²) in [5, 5.41) is 2.20. The molecule has 0 aliphatic rings. The summed E-state index contributed by atoms with van der Waals surface area (Å²) in [6.45, 7) is 0. The SMILES string of the molecule is O=S(=O)(Oc1c2ccccc2c(Br)c2c1sc1c(Br)cccc12)C(F)(F)F. The average Bonchev–Trinajstić information content (AvgIpc) is 2.99. The summed E-state index contributed by atoms with van der Waals surface area (Å²) in [4.78, 5) is 0. The highest BCUT2D eigenvalue weighted by Crippen LogP contribution is 2.50. The van der Waals surface area contributed by atoms with Crippen LogP contribution in [0.2, 0.25) is 0 Å². The predicted molar refractivity (Wildman–Crippen MR) is 108 cm³/mol. The molecule has 4 aromatic rings. The number of halogens is 5. The quantitative estimate of drug-likeness (QED) is 0.204. The molecule has 140 valence electrons. The maximum atomic E-state index is 12.9. The van der Waals surface area contributed by atoms with Gasteiger partial charge in [0, 0.05) is 35.2 Å². The van der Waals surface area contributed by atoms with Crippen LogP contribution in [0.25, 0.3) is 30.9 Å². The summed E-state index contributed by atoms with van der Waals surface area (Å²) in [6.07, 6.45) is 0. The molecule has 0 fully saturated rings. The molecule has 0 atom stereocenters. The van der Waals surface area contributed by atoms with Gasteiger partial charge < -0.3 is 4.18 Å². The van der Waals surface area contributed by atoms with Crippen molar-refractivity contribution < 1.29 is 25.8 Å². The van der Waals surface area contributed by atoms with Crippen molar-refractivity contribution in [2.45, 2.75) is 5.51 Å². The van der Waals surface area contributed by atoms with Crippen molar-refractivity contribution in [3.05, 3.63) is 51.4 Å². The molecular formula is C17H7Br2F3O3S2. The third-order valence-corrected chi connectivity index (χ3v) is 7.92. The molecule has 1 heterocycles. The number of fused-ring (bicyclic) bond motifs is 4. The molecular weight excluding hydrogens is 533 g/mol. The number of hydrogen-bond donors (Lipinski definition) is 0. The topological polar surface area (TPSA) is 43.4 Å². The first-order chi connectivity index (χ1) is 12.6. The number of alkyl halides is 3. The predicted octanol–water partition coefficient (Wildman–Crippen LogP) is 6.96. The van der Waals surface area contributed by atoms with Crippen molar-refractivity contribution in [1.82, 2.24) is 0 Å². The van der Waals surface area contributed by atoms with Crippen LogP contribution in [-0.2, 0) is 10.1 Å². The monoisotopic (exact) mass is 538 g/mol. The van der Waals surface area contributed by atoms with Gasteiger partial charge in [0.2, 0.25) is 0 Å². The lowest BCUT2D eigenvalue weighted by atomic mass is 10.1. The third kappa shape index (κ3) is 2.93. The van der Waals surface area contributed by atoms with E-state index in [0.29, 0.717) is 19.9 Å². The first-order valence-electron chi connectivity index (χ1n) is 7.33. The molecule has 0 spiro atoms. The smallest absolute Gasteiger partial charge is 0.374 e.